The number of amides is 1. The number of hydrogen-bond acceptors (Lipinski definition) is 5. The molecule has 7 heteroatoms. The molecule has 1 heterocycles. The van der Waals surface area contributed by atoms with Crippen LogP contribution in [-0.4, -0.2) is 74.2 Å². The minimum absolute atomic E-state index is 0.0380. The smallest absolute Gasteiger partial charge is 0.303 e. The molecule has 1 N–H and O–H groups in total. The fourth-order valence-corrected chi connectivity index (χ4v) is 3.79. The summed E-state index contributed by atoms with van der Waals surface area (Å²) in [6.07, 6.45) is 1.81. The lowest BCUT2D eigenvalue weighted by Crippen LogP contribution is -2.51. The summed E-state index contributed by atoms with van der Waals surface area (Å²) in [4.78, 5) is 27.8. The van der Waals surface area contributed by atoms with Crippen molar-refractivity contribution in [3.63, 3.8) is 0 Å². The molecule has 1 amide bonds. The largest absolute Gasteiger partial charge is 0.497 e. The first-order valence-corrected chi connectivity index (χ1v) is 9.22. The monoisotopic (exact) mass is 378 g/mol. The van der Waals surface area contributed by atoms with Gasteiger partial charge in [-0.05, 0) is 38.9 Å². The van der Waals surface area contributed by atoms with Crippen molar-refractivity contribution in [2.24, 2.45) is 5.92 Å². The van der Waals surface area contributed by atoms with E-state index in [-0.39, 0.29) is 24.7 Å². The number of carbonyl (C=O) groups is 2. The van der Waals surface area contributed by atoms with Gasteiger partial charge in [0, 0.05) is 37.2 Å². The molecule has 7 nitrogen and oxygen atoms in total. The number of rotatable bonds is 8. The average Bonchev–Trinajstić information content (AvgIpc) is 2.66. The highest BCUT2D eigenvalue weighted by molar-refractivity contribution is 5.79. The van der Waals surface area contributed by atoms with E-state index in [1.165, 1.54) is 0 Å². The molecule has 0 aromatic heterocycles. The maximum Gasteiger partial charge on any atom is 0.303 e. The topological polar surface area (TPSA) is 79.3 Å². The Morgan fingerprint density at radius 2 is 2.00 bits per heavy atom. The summed E-state index contributed by atoms with van der Waals surface area (Å²) in [5.74, 6) is 0.721. The Labute approximate surface area is 160 Å². The SMILES string of the molecule is COc1ccc(CC(=O)N2CC[C@@H](N(C)C)[C@@H](CCC(=O)O)C2)c(OC)c1. The Hall–Kier alpha value is -2.28. The fraction of sp³-hybridized carbons (Fsp3) is 0.600. The number of benzene rings is 1. The molecule has 1 fully saturated rings. The van der Waals surface area contributed by atoms with Crippen molar-refractivity contribution in [1.29, 1.82) is 0 Å². The second-order valence-electron chi connectivity index (χ2n) is 7.21. The standard InChI is InChI=1S/C20H30N2O5/c1-21(2)17-9-10-22(13-15(17)6-8-20(24)25)19(23)11-14-5-7-16(26-3)12-18(14)27-4/h5,7,12,15,17H,6,8-11,13H2,1-4H3,(H,24,25)/t15-,17+/m0/s1. The molecule has 1 aliphatic rings. The molecule has 27 heavy (non-hydrogen) atoms. The van der Waals surface area contributed by atoms with Crippen molar-refractivity contribution in [3.05, 3.63) is 23.8 Å². The molecule has 1 saturated heterocycles. The predicted molar refractivity (Wildman–Crippen MR) is 102 cm³/mol. The summed E-state index contributed by atoms with van der Waals surface area (Å²) in [5, 5.41) is 9.02. The molecule has 1 aromatic carbocycles. The van der Waals surface area contributed by atoms with E-state index < -0.39 is 5.97 Å². The molecule has 1 aliphatic heterocycles. The lowest BCUT2D eigenvalue weighted by atomic mass is 9.87. The second-order valence-corrected chi connectivity index (χ2v) is 7.21. The number of carboxylic acid groups (broad SMARTS) is 1. The van der Waals surface area contributed by atoms with Gasteiger partial charge >= 0.3 is 5.97 Å². The van der Waals surface area contributed by atoms with E-state index in [2.05, 4.69) is 4.90 Å². The van der Waals surface area contributed by atoms with E-state index in [9.17, 15) is 9.59 Å². The summed E-state index contributed by atoms with van der Waals surface area (Å²) in [6.45, 7) is 1.27. The number of piperidine rings is 1. The molecule has 0 spiro atoms. The molecular weight excluding hydrogens is 348 g/mol. The molecule has 0 saturated carbocycles. The number of ether oxygens (including phenoxy) is 2. The zero-order chi connectivity index (χ0) is 20.0. The average molecular weight is 378 g/mol. The van der Waals surface area contributed by atoms with Crippen LogP contribution in [0, 0.1) is 5.92 Å². The third-order valence-electron chi connectivity index (χ3n) is 5.27. The molecule has 2 atom stereocenters. The summed E-state index contributed by atoms with van der Waals surface area (Å²) >= 11 is 0. The van der Waals surface area contributed by atoms with Crippen molar-refractivity contribution in [2.75, 3.05) is 41.4 Å². The van der Waals surface area contributed by atoms with E-state index in [1.54, 1.807) is 20.3 Å². The van der Waals surface area contributed by atoms with Crippen LogP contribution in [0.4, 0.5) is 0 Å². The van der Waals surface area contributed by atoms with Crippen molar-refractivity contribution in [1.82, 2.24) is 9.80 Å². The molecular formula is C20H30N2O5. The van der Waals surface area contributed by atoms with Crippen LogP contribution in [0.25, 0.3) is 0 Å². The number of likely N-dealkylation sites (tertiary alicyclic amines) is 1. The zero-order valence-corrected chi connectivity index (χ0v) is 16.6. The van der Waals surface area contributed by atoms with E-state index in [0.717, 1.165) is 12.0 Å². The number of carboxylic acids is 1. The Morgan fingerprint density at radius 1 is 1.26 bits per heavy atom. The lowest BCUT2D eigenvalue weighted by Gasteiger charge is -2.41. The summed E-state index contributed by atoms with van der Waals surface area (Å²) in [6, 6.07) is 5.74. The van der Waals surface area contributed by atoms with Crippen LogP contribution in [0.15, 0.2) is 18.2 Å². The van der Waals surface area contributed by atoms with Gasteiger partial charge in [-0.2, -0.15) is 0 Å². The highest BCUT2D eigenvalue weighted by Crippen LogP contribution is 2.28. The highest BCUT2D eigenvalue weighted by atomic mass is 16.5. The molecule has 0 unspecified atom stereocenters. The minimum atomic E-state index is -0.793. The van der Waals surface area contributed by atoms with Crippen molar-refractivity contribution in [3.8, 4) is 11.5 Å². The number of carbonyl (C=O) groups excluding carboxylic acids is 1. The molecule has 150 valence electrons. The lowest BCUT2D eigenvalue weighted by molar-refractivity contribution is -0.137. The van der Waals surface area contributed by atoms with Gasteiger partial charge in [-0.1, -0.05) is 6.07 Å². The number of hydrogen-bond donors (Lipinski definition) is 1. The summed E-state index contributed by atoms with van der Waals surface area (Å²) in [5.41, 5.74) is 0.820. The van der Waals surface area contributed by atoms with Crippen LogP contribution >= 0.6 is 0 Å². The number of methoxy groups -OCH3 is 2. The van der Waals surface area contributed by atoms with Gasteiger partial charge in [-0.3, -0.25) is 9.59 Å². The van der Waals surface area contributed by atoms with E-state index in [0.29, 0.717) is 37.1 Å². The maximum absolute atomic E-state index is 12.9. The number of nitrogens with zero attached hydrogens (tertiary/aromatic N) is 2. The fourth-order valence-electron chi connectivity index (χ4n) is 3.79. The normalized spacial score (nSPS) is 19.8. The van der Waals surface area contributed by atoms with Crippen LogP contribution in [-0.2, 0) is 16.0 Å². The van der Waals surface area contributed by atoms with E-state index in [1.807, 2.05) is 31.1 Å². The van der Waals surface area contributed by atoms with Crippen LogP contribution in [0.1, 0.15) is 24.8 Å². The number of aliphatic carboxylic acids is 1. The van der Waals surface area contributed by atoms with Crippen LogP contribution in [0.5, 0.6) is 11.5 Å². The van der Waals surface area contributed by atoms with Gasteiger partial charge < -0.3 is 24.4 Å². The Balaban J connectivity index is 2.06. The van der Waals surface area contributed by atoms with Gasteiger partial charge in [0.2, 0.25) is 5.91 Å². The summed E-state index contributed by atoms with van der Waals surface area (Å²) in [7, 11) is 7.19. The molecule has 2 rings (SSSR count). The first kappa shape index (κ1) is 21.0. The molecule has 1 aromatic rings. The minimum Gasteiger partial charge on any atom is -0.497 e. The Kier molecular flexibility index (Phi) is 7.47. The van der Waals surface area contributed by atoms with Crippen LogP contribution in [0.2, 0.25) is 0 Å². The quantitative estimate of drug-likeness (QED) is 0.744. The van der Waals surface area contributed by atoms with E-state index >= 15 is 0 Å². The zero-order valence-electron chi connectivity index (χ0n) is 16.6. The Morgan fingerprint density at radius 3 is 2.59 bits per heavy atom. The molecule has 0 radical (unpaired) electrons. The second kappa shape index (κ2) is 9.60. The summed E-state index contributed by atoms with van der Waals surface area (Å²) < 4.78 is 10.6. The predicted octanol–water partition coefficient (Wildman–Crippen LogP) is 1.89. The molecule has 0 aliphatic carbocycles. The third-order valence-corrected chi connectivity index (χ3v) is 5.27. The van der Waals surface area contributed by atoms with Gasteiger partial charge in [-0.25, -0.2) is 0 Å². The van der Waals surface area contributed by atoms with Gasteiger partial charge in [0.25, 0.3) is 0 Å². The van der Waals surface area contributed by atoms with E-state index in [4.69, 9.17) is 14.6 Å². The van der Waals surface area contributed by atoms with Gasteiger partial charge in [0.1, 0.15) is 11.5 Å². The van der Waals surface area contributed by atoms with Gasteiger partial charge in [0.15, 0.2) is 0 Å². The van der Waals surface area contributed by atoms with Crippen LogP contribution < -0.4 is 9.47 Å². The Bertz CT molecular complexity index is 662. The third kappa shape index (κ3) is 5.60. The van der Waals surface area contributed by atoms with Crippen LogP contribution in [0.3, 0.4) is 0 Å². The highest BCUT2D eigenvalue weighted by Gasteiger charge is 2.33. The first-order chi connectivity index (χ1) is 12.8. The van der Waals surface area contributed by atoms with Crippen molar-refractivity contribution >= 4 is 11.9 Å². The van der Waals surface area contributed by atoms with Crippen molar-refractivity contribution in [2.45, 2.75) is 31.7 Å². The van der Waals surface area contributed by atoms with Gasteiger partial charge in [0.05, 0.1) is 20.6 Å². The van der Waals surface area contributed by atoms with Gasteiger partial charge in [-0.15, -0.1) is 0 Å². The molecule has 0 bridgehead atoms. The first-order valence-electron chi connectivity index (χ1n) is 9.22. The maximum atomic E-state index is 12.9. The van der Waals surface area contributed by atoms with Crippen molar-refractivity contribution < 1.29 is 24.2 Å².